The van der Waals surface area contributed by atoms with Gasteiger partial charge in [0.2, 0.25) is 0 Å². The molecule has 4 heteroatoms. The van der Waals surface area contributed by atoms with Gasteiger partial charge < -0.3 is 4.90 Å². The Hall–Kier alpha value is -1.94. The number of allylic oxidation sites excluding steroid dienone is 2. The van der Waals surface area contributed by atoms with Crippen LogP contribution in [-0.2, 0) is 0 Å². The smallest absolute Gasteiger partial charge is 0.255 e. The SMILES string of the molecule is Cc1ncccc1C(=O)N1CCN(CC2=CCCC=C2)CC1. The fraction of sp³-hybridized carbons (Fsp3) is 0.444. The monoisotopic (exact) mass is 297 g/mol. The van der Waals surface area contributed by atoms with Crippen LogP contribution < -0.4 is 0 Å². The number of amides is 1. The van der Waals surface area contributed by atoms with E-state index >= 15 is 0 Å². The van der Waals surface area contributed by atoms with Gasteiger partial charge in [-0.1, -0.05) is 18.2 Å². The van der Waals surface area contributed by atoms with Gasteiger partial charge in [-0.05, 0) is 37.5 Å². The number of nitrogens with zero attached hydrogens (tertiary/aromatic N) is 3. The molecule has 116 valence electrons. The molecule has 0 radical (unpaired) electrons. The van der Waals surface area contributed by atoms with Crippen molar-refractivity contribution < 1.29 is 4.79 Å². The van der Waals surface area contributed by atoms with Gasteiger partial charge >= 0.3 is 0 Å². The van der Waals surface area contributed by atoms with Gasteiger partial charge in [-0.15, -0.1) is 0 Å². The third-order valence-electron chi connectivity index (χ3n) is 4.37. The third kappa shape index (κ3) is 3.45. The highest BCUT2D eigenvalue weighted by Crippen LogP contribution is 2.14. The maximum Gasteiger partial charge on any atom is 0.255 e. The zero-order chi connectivity index (χ0) is 15.4. The number of aromatic nitrogens is 1. The Labute approximate surface area is 132 Å². The van der Waals surface area contributed by atoms with Crippen LogP contribution in [0.2, 0.25) is 0 Å². The highest BCUT2D eigenvalue weighted by Gasteiger charge is 2.23. The lowest BCUT2D eigenvalue weighted by Crippen LogP contribution is -2.49. The van der Waals surface area contributed by atoms with E-state index in [1.165, 1.54) is 5.57 Å². The first-order valence-corrected chi connectivity index (χ1v) is 8.03. The summed E-state index contributed by atoms with van der Waals surface area (Å²) in [5, 5.41) is 0. The summed E-state index contributed by atoms with van der Waals surface area (Å²) >= 11 is 0. The van der Waals surface area contributed by atoms with E-state index in [9.17, 15) is 4.79 Å². The molecule has 1 aromatic heterocycles. The molecule has 2 heterocycles. The second kappa shape index (κ2) is 6.88. The quantitative estimate of drug-likeness (QED) is 0.860. The minimum atomic E-state index is 0.113. The lowest BCUT2D eigenvalue weighted by Gasteiger charge is -2.35. The molecule has 22 heavy (non-hydrogen) atoms. The number of hydrogen-bond donors (Lipinski definition) is 0. The van der Waals surface area contributed by atoms with E-state index in [4.69, 9.17) is 0 Å². The molecule has 4 nitrogen and oxygen atoms in total. The molecule has 0 spiro atoms. The highest BCUT2D eigenvalue weighted by molar-refractivity contribution is 5.95. The molecule has 1 aliphatic carbocycles. The van der Waals surface area contributed by atoms with Gasteiger partial charge in [0.15, 0.2) is 0 Å². The molecule has 0 atom stereocenters. The van der Waals surface area contributed by atoms with E-state index in [0.29, 0.717) is 0 Å². The number of carbonyl (C=O) groups is 1. The van der Waals surface area contributed by atoms with Gasteiger partial charge in [0.1, 0.15) is 0 Å². The molecule has 0 unspecified atom stereocenters. The van der Waals surface area contributed by atoms with Crippen molar-refractivity contribution in [3.8, 4) is 0 Å². The average molecular weight is 297 g/mol. The lowest BCUT2D eigenvalue weighted by atomic mass is 10.1. The fourth-order valence-corrected chi connectivity index (χ4v) is 3.03. The first-order chi connectivity index (χ1) is 10.7. The molecular formula is C18H23N3O. The lowest BCUT2D eigenvalue weighted by molar-refractivity contribution is 0.0647. The van der Waals surface area contributed by atoms with E-state index < -0.39 is 0 Å². The maximum atomic E-state index is 12.6. The first kappa shape index (κ1) is 15.0. The molecule has 0 N–H and O–H groups in total. The zero-order valence-electron chi connectivity index (χ0n) is 13.2. The molecule has 2 aliphatic rings. The number of carbonyl (C=O) groups excluding carboxylic acids is 1. The number of aryl methyl sites for hydroxylation is 1. The van der Waals surface area contributed by atoms with Crippen LogP contribution >= 0.6 is 0 Å². The minimum Gasteiger partial charge on any atom is -0.336 e. The van der Waals surface area contributed by atoms with Crippen LogP contribution in [0.25, 0.3) is 0 Å². The Morgan fingerprint density at radius 1 is 1.23 bits per heavy atom. The molecule has 3 rings (SSSR count). The molecule has 1 amide bonds. The second-order valence-electron chi connectivity index (χ2n) is 5.96. The average Bonchev–Trinajstić information content (AvgIpc) is 2.56. The van der Waals surface area contributed by atoms with E-state index in [2.05, 4.69) is 28.1 Å². The van der Waals surface area contributed by atoms with Crippen LogP contribution in [0.3, 0.4) is 0 Å². The van der Waals surface area contributed by atoms with E-state index in [1.54, 1.807) is 6.20 Å². The Morgan fingerprint density at radius 2 is 2.05 bits per heavy atom. The third-order valence-corrected chi connectivity index (χ3v) is 4.37. The number of pyridine rings is 1. The molecule has 1 saturated heterocycles. The largest absolute Gasteiger partial charge is 0.336 e. The van der Waals surface area contributed by atoms with Gasteiger partial charge in [0.05, 0.1) is 5.56 Å². The molecule has 1 aromatic rings. The van der Waals surface area contributed by atoms with Crippen molar-refractivity contribution >= 4 is 5.91 Å². The summed E-state index contributed by atoms with van der Waals surface area (Å²) in [6, 6.07) is 3.70. The molecule has 0 aromatic carbocycles. The summed E-state index contributed by atoms with van der Waals surface area (Å²) < 4.78 is 0. The van der Waals surface area contributed by atoms with Crippen molar-refractivity contribution in [1.82, 2.24) is 14.8 Å². The maximum absolute atomic E-state index is 12.6. The summed E-state index contributed by atoms with van der Waals surface area (Å²) in [7, 11) is 0. The van der Waals surface area contributed by atoms with Crippen LogP contribution in [0.5, 0.6) is 0 Å². The summed E-state index contributed by atoms with van der Waals surface area (Å²) in [4.78, 5) is 21.2. The van der Waals surface area contributed by atoms with Crippen LogP contribution in [0.1, 0.15) is 28.9 Å². The Kier molecular flexibility index (Phi) is 4.68. The van der Waals surface area contributed by atoms with Crippen molar-refractivity contribution in [3.63, 3.8) is 0 Å². The molecular weight excluding hydrogens is 274 g/mol. The Morgan fingerprint density at radius 3 is 2.73 bits per heavy atom. The van der Waals surface area contributed by atoms with E-state index in [1.807, 2.05) is 24.0 Å². The Balaban J connectivity index is 1.55. The van der Waals surface area contributed by atoms with Crippen molar-refractivity contribution in [3.05, 3.63) is 53.4 Å². The van der Waals surface area contributed by atoms with Crippen LogP contribution in [-0.4, -0.2) is 53.4 Å². The highest BCUT2D eigenvalue weighted by atomic mass is 16.2. The van der Waals surface area contributed by atoms with Crippen LogP contribution in [0.15, 0.2) is 42.1 Å². The molecule has 1 fully saturated rings. The van der Waals surface area contributed by atoms with E-state index in [-0.39, 0.29) is 5.91 Å². The number of piperazine rings is 1. The normalized spacial score (nSPS) is 19.1. The standard InChI is InChI=1S/C18H23N3O/c1-15-17(8-5-9-19-15)18(22)21-12-10-20(11-13-21)14-16-6-3-2-4-7-16/h3,5-9H,2,4,10-14H2,1H3. The Bertz CT molecular complexity index is 598. The molecule has 1 aliphatic heterocycles. The second-order valence-corrected chi connectivity index (χ2v) is 5.96. The topological polar surface area (TPSA) is 36.4 Å². The first-order valence-electron chi connectivity index (χ1n) is 8.03. The number of hydrogen-bond acceptors (Lipinski definition) is 3. The van der Waals surface area contributed by atoms with Gasteiger partial charge in [0.25, 0.3) is 5.91 Å². The van der Waals surface area contributed by atoms with E-state index in [0.717, 1.165) is 56.8 Å². The van der Waals surface area contributed by atoms with Gasteiger partial charge in [-0.25, -0.2) is 0 Å². The van der Waals surface area contributed by atoms with Crippen LogP contribution in [0.4, 0.5) is 0 Å². The van der Waals surface area contributed by atoms with Gasteiger partial charge in [0, 0.05) is 44.6 Å². The summed E-state index contributed by atoms with van der Waals surface area (Å²) in [5.74, 6) is 0.113. The summed E-state index contributed by atoms with van der Waals surface area (Å²) in [6.45, 7) is 6.37. The fourth-order valence-electron chi connectivity index (χ4n) is 3.03. The molecule has 0 saturated carbocycles. The summed E-state index contributed by atoms with van der Waals surface area (Å²) in [5.41, 5.74) is 2.95. The van der Waals surface area contributed by atoms with Gasteiger partial charge in [-0.3, -0.25) is 14.7 Å². The predicted molar refractivity (Wildman–Crippen MR) is 87.8 cm³/mol. The van der Waals surface area contributed by atoms with Crippen molar-refractivity contribution in [2.24, 2.45) is 0 Å². The zero-order valence-corrected chi connectivity index (χ0v) is 13.2. The summed E-state index contributed by atoms with van der Waals surface area (Å²) in [6.07, 6.45) is 10.9. The number of rotatable bonds is 3. The molecule has 0 bridgehead atoms. The predicted octanol–water partition coefficient (Wildman–Crippen LogP) is 2.42. The van der Waals surface area contributed by atoms with Gasteiger partial charge in [-0.2, -0.15) is 0 Å². The van der Waals surface area contributed by atoms with Crippen molar-refractivity contribution in [2.45, 2.75) is 19.8 Å². The van der Waals surface area contributed by atoms with Crippen molar-refractivity contribution in [2.75, 3.05) is 32.7 Å². The van der Waals surface area contributed by atoms with Crippen LogP contribution in [0, 0.1) is 6.92 Å². The van der Waals surface area contributed by atoms with Crippen molar-refractivity contribution in [1.29, 1.82) is 0 Å². The minimum absolute atomic E-state index is 0.113.